The van der Waals surface area contributed by atoms with Crippen molar-refractivity contribution in [3.8, 4) is 0 Å². The van der Waals surface area contributed by atoms with Gasteiger partial charge < -0.3 is 15.7 Å². The molecule has 0 aromatic heterocycles. The number of carbonyl (C=O) groups is 1. The molecule has 114 valence electrons. The second-order valence-electron chi connectivity index (χ2n) is 5.44. The van der Waals surface area contributed by atoms with E-state index in [1.807, 2.05) is 6.07 Å². The van der Waals surface area contributed by atoms with E-state index >= 15 is 0 Å². The fourth-order valence-corrected chi connectivity index (χ4v) is 2.70. The predicted octanol–water partition coefficient (Wildman–Crippen LogP) is 2.85. The Labute approximate surface area is 129 Å². The Bertz CT molecular complexity index is 560. The van der Waals surface area contributed by atoms with Gasteiger partial charge >= 0.3 is 5.97 Å². The maximum atomic E-state index is 11.5. The van der Waals surface area contributed by atoms with E-state index in [9.17, 15) is 9.90 Å². The first-order valence-corrected chi connectivity index (χ1v) is 7.56. The summed E-state index contributed by atoms with van der Waals surface area (Å²) in [5.74, 6) is 0.00964. The maximum Gasteiger partial charge on any atom is 0.337 e. The Hall–Kier alpha value is -1.75. The Balaban J connectivity index is 2.35. The van der Waals surface area contributed by atoms with Crippen molar-refractivity contribution in [2.24, 2.45) is 16.6 Å². The number of aliphatic imine (C=N–C) groups is 1. The summed E-state index contributed by atoms with van der Waals surface area (Å²) in [6.45, 7) is 3.95. The van der Waals surface area contributed by atoms with Crippen LogP contribution < -0.4 is 10.6 Å². The van der Waals surface area contributed by atoms with Crippen LogP contribution >= 0.6 is 11.6 Å². The Morgan fingerprint density at radius 1 is 1.57 bits per heavy atom. The number of anilines is 1. The normalized spacial score (nSPS) is 19.6. The topological polar surface area (TPSA) is 78.9 Å². The summed E-state index contributed by atoms with van der Waals surface area (Å²) in [6.07, 6.45) is 2.27. The lowest BCUT2D eigenvalue weighted by Crippen LogP contribution is -2.35. The average molecular weight is 310 g/mol. The number of nitrogens with two attached hydrogens (primary N) is 1. The van der Waals surface area contributed by atoms with Crippen LogP contribution in [0.15, 0.2) is 23.2 Å². The number of halogens is 1. The minimum Gasteiger partial charge on any atom is -0.478 e. The lowest BCUT2D eigenvalue weighted by molar-refractivity contribution is 0.0697. The van der Waals surface area contributed by atoms with Crippen LogP contribution in [0.4, 0.5) is 11.4 Å². The number of carboxylic acids is 1. The van der Waals surface area contributed by atoms with Gasteiger partial charge in [0.2, 0.25) is 0 Å². The van der Waals surface area contributed by atoms with Crippen LogP contribution in [0.25, 0.3) is 0 Å². The molecule has 0 spiro atoms. The number of carboxylic acid groups (broad SMARTS) is 1. The highest BCUT2D eigenvalue weighted by Crippen LogP contribution is 2.29. The molecule has 0 aliphatic carbocycles. The van der Waals surface area contributed by atoms with Crippen LogP contribution in [0, 0.1) is 5.92 Å². The zero-order valence-corrected chi connectivity index (χ0v) is 12.8. The minimum absolute atomic E-state index is 0.119. The molecule has 1 aliphatic rings. The van der Waals surface area contributed by atoms with E-state index < -0.39 is 5.97 Å². The summed E-state index contributed by atoms with van der Waals surface area (Å²) >= 11 is 5.59. The molecule has 3 N–H and O–H groups in total. The molecule has 0 radical (unpaired) electrons. The zero-order valence-electron chi connectivity index (χ0n) is 12.1. The second-order valence-corrected chi connectivity index (χ2v) is 5.70. The number of nitrogens with zero attached hydrogens (tertiary/aromatic N) is 2. The van der Waals surface area contributed by atoms with Crippen LogP contribution in [-0.4, -0.2) is 35.9 Å². The van der Waals surface area contributed by atoms with Crippen molar-refractivity contribution in [3.05, 3.63) is 23.8 Å². The van der Waals surface area contributed by atoms with Gasteiger partial charge in [-0.2, -0.15) is 0 Å². The van der Waals surface area contributed by atoms with E-state index in [0.717, 1.165) is 25.2 Å². The smallest absolute Gasteiger partial charge is 0.337 e. The monoisotopic (exact) mass is 309 g/mol. The molecule has 1 fully saturated rings. The Morgan fingerprint density at radius 3 is 2.95 bits per heavy atom. The molecule has 5 nitrogen and oxygen atoms in total. The van der Waals surface area contributed by atoms with Gasteiger partial charge in [0.05, 0.1) is 22.8 Å². The largest absolute Gasteiger partial charge is 0.478 e. The van der Waals surface area contributed by atoms with Gasteiger partial charge in [-0.1, -0.05) is 6.92 Å². The summed E-state index contributed by atoms with van der Waals surface area (Å²) < 4.78 is 0. The van der Waals surface area contributed by atoms with E-state index in [1.165, 1.54) is 6.42 Å². The van der Waals surface area contributed by atoms with Gasteiger partial charge in [-0.3, -0.25) is 0 Å². The lowest BCUT2D eigenvalue weighted by atomic mass is 9.98. The van der Waals surface area contributed by atoms with Gasteiger partial charge in [0.25, 0.3) is 0 Å². The Morgan fingerprint density at radius 2 is 2.33 bits per heavy atom. The van der Waals surface area contributed by atoms with Crippen LogP contribution in [0.3, 0.4) is 0 Å². The van der Waals surface area contributed by atoms with E-state index in [1.54, 1.807) is 12.1 Å². The minimum atomic E-state index is -0.954. The van der Waals surface area contributed by atoms with Gasteiger partial charge in [0.15, 0.2) is 0 Å². The molecule has 1 unspecified atom stereocenters. The molecule has 1 aromatic rings. The van der Waals surface area contributed by atoms with E-state index in [-0.39, 0.29) is 17.3 Å². The van der Waals surface area contributed by atoms with Gasteiger partial charge in [0.1, 0.15) is 5.84 Å². The van der Waals surface area contributed by atoms with E-state index in [4.69, 9.17) is 17.3 Å². The van der Waals surface area contributed by atoms with Crippen molar-refractivity contribution < 1.29 is 9.90 Å². The van der Waals surface area contributed by atoms with Crippen LogP contribution in [0.1, 0.15) is 30.1 Å². The number of piperidine rings is 1. The molecule has 6 heteroatoms. The van der Waals surface area contributed by atoms with Gasteiger partial charge in [-0.15, -0.1) is 11.6 Å². The van der Waals surface area contributed by atoms with Crippen molar-refractivity contribution >= 4 is 34.8 Å². The third kappa shape index (κ3) is 3.88. The first kappa shape index (κ1) is 15.6. The van der Waals surface area contributed by atoms with Crippen molar-refractivity contribution in [2.75, 3.05) is 23.9 Å². The highest BCUT2D eigenvalue weighted by Gasteiger charge is 2.21. The fraction of sp³-hybridized carbons (Fsp3) is 0.467. The summed E-state index contributed by atoms with van der Waals surface area (Å²) in [7, 11) is 0. The molecule has 1 heterocycles. The van der Waals surface area contributed by atoms with Crippen LogP contribution in [-0.2, 0) is 0 Å². The second kappa shape index (κ2) is 6.80. The molecule has 1 atom stereocenters. The van der Waals surface area contributed by atoms with E-state index in [2.05, 4.69) is 16.8 Å². The zero-order chi connectivity index (χ0) is 15.4. The lowest BCUT2D eigenvalue weighted by Gasteiger charge is -2.33. The molecular weight excluding hydrogens is 290 g/mol. The first-order valence-electron chi connectivity index (χ1n) is 7.02. The van der Waals surface area contributed by atoms with E-state index in [0.29, 0.717) is 11.6 Å². The number of aromatic carboxylic acids is 1. The van der Waals surface area contributed by atoms with Crippen molar-refractivity contribution in [2.45, 2.75) is 19.8 Å². The number of hydrogen-bond donors (Lipinski definition) is 2. The molecule has 1 aliphatic heterocycles. The van der Waals surface area contributed by atoms with Gasteiger partial charge in [-0.05, 0) is 37.0 Å². The summed E-state index contributed by atoms with van der Waals surface area (Å²) in [6, 6.07) is 5.14. The van der Waals surface area contributed by atoms with Crippen LogP contribution in [0.2, 0.25) is 0 Å². The molecule has 21 heavy (non-hydrogen) atoms. The molecule has 0 amide bonds. The number of alkyl halides is 1. The van der Waals surface area contributed by atoms with Crippen molar-refractivity contribution in [1.29, 1.82) is 0 Å². The fourth-order valence-electron chi connectivity index (χ4n) is 2.64. The highest BCUT2D eigenvalue weighted by atomic mass is 35.5. The molecule has 0 bridgehead atoms. The average Bonchev–Trinajstić information content (AvgIpc) is 2.47. The third-order valence-corrected chi connectivity index (χ3v) is 3.89. The van der Waals surface area contributed by atoms with Crippen LogP contribution in [0.5, 0.6) is 0 Å². The number of hydrogen-bond acceptors (Lipinski definition) is 3. The number of amidine groups is 1. The molecule has 2 rings (SSSR count). The van der Waals surface area contributed by atoms with Crippen molar-refractivity contribution in [1.82, 2.24) is 0 Å². The standard InChI is InChI=1S/C15H20ClN3O2/c1-10-3-2-6-19(9-10)13-5-4-11(18-14(17)8-16)7-12(13)15(20)21/h4-5,7,10H,2-3,6,8-9H2,1H3,(H2,17,18)(H,20,21). The highest BCUT2D eigenvalue weighted by molar-refractivity contribution is 6.28. The summed E-state index contributed by atoms with van der Waals surface area (Å²) in [5, 5.41) is 9.45. The Kier molecular flexibility index (Phi) is 5.07. The van der Waals surface area contributed by atoms with Gasteiger partial charge in [-0.25, -0.2) is 9.79 Å². The molecule has 0 saturated carbocycles. The summed E-state index contributed by atoms with van der Waals surface area (Å²) in [5.41, 5.74) is 7.11. The summed E-state index contributed by atoms with van der Waals surface area (Å²) in [4.78, 5) is 17.8. The molecule has 1 saturated heterocycles. The van der Waals surface area contributed by atoms with Crippen molar-refractivity contribution in [3.63, 3.8) is 0 Å². The third-order valence-electron chi connectivity index (χ3n) is 3.62. The molecule has 1 aromatic carbocycles. The quantitative estimate of drug-likeness (QED) is 0.509. The number of benzene rings is 1. The maximum absolute atomic E-state index is 11.5. The predicted molar refractivity (Wildman–Crippen MR) is 86.0 cm³/mol. The van der Waals surface area contributed by atoms with Gasteiger partial charge in [0, 0.05) is 13.1 Å². The SMILES string of the molecule is CC1CCCN(c2ccc(N=C(N)CCl)cc2C(=O)O)C1. The first-order chi connectivity index (χ1) is 10.0. The molecular formula is C15H20ClN3O2. The number of rotatable bonds is 4.